The number of benzene rings is 1. The molecule has 3 atom stereocenters. The van der Waals surface area contributed by atoms with Crippen LogP contribution in [0.2, 0.25) is 0 Å². The van der Waals surface area contributed by atoms with Crippen LogP contribution < -0.4 is 10.5 Å². The molecule has 0 spiro atoms. The molecular formula is C27H41N3O3. The molecule has 0 saturated carbocycles. The molecule has 1 aromatic heterocycles. The number of ketones is 1. The van der Waals surface area contributed by atoms with E-state index in [4.69, 9.17) is 15.2 Å². The number of Topliss-reactive ketones (excluding diaryl/α,β-unsaturated/α-hetero) is 1. The van der Waals surface area contributed by atoms with E-state index in [2.05, 4.69) is 42.9 Å². The van der Waals surface area contributed by atoms with Crippen LogP contribution >= 0.6 is 0 Å². The summed E-state index contributed by atoms with van der Waals surface area (Å²) < 4.78 is 11.9. The van der Waals surface area contributed by atoms with Crippen molar-refractivity contribution in [2.24, 2.45) is 11.7 Å². The lowest BCUT2D eigenvalue weighted by Gasteiger charge is -2.19. The molecule has 6 nitrogen and oxygen atoms in total. The fourth-order valence-electron chi connectivity index (χ4n) is 4.54. The number of carbonyl (C=O) groups excluding carboxylic acids is 1. The number of carbonyl (C=O) groups is 1. The highest BCUT2D eigenvalue weighted by atomic mass is 16.6. The molecule has 2 unspecified atom stereocenters. The smallest absolute Gasteiger partial charge is 0.154 e. The number of imidazole rings is 1. The first-order valence-corrected chi connectivity index (χ1v) is 12.7. The van der Waals surface area contributed by atoms with Crippen molar-refractivity contribution >= 4 is 5.78 Å². The van der Waals surface area contributed by atoms with E-state index in [1.54, 1.807) is 12.5 Å². The van der Waals surface area contributed by atoms with Gasteiger partial charge in [-0.3, -0.25) is 4.79 Å². The Balaban J connectivity index is 1.57. The maximum atomic E-state index is 12.7. The van der Waals surface area contributed by atoms with Gasteiger partial charge in [-0.05, 0) is 54.7 Å². The molecule has 0 bridgehead atoms. The van der Waals surface area contributed by atoms with Crippen LogP contribution in [0.1, 0.15) is 75.3 Å². The molecule has 1 aliphatic rings. The Morgan fingerprint density at radius 2 is 1.91 bits per heavy atom. The zero-order chi connectivity index (χ0) is 23.6. The van der Waals surface area contributed by atoms with Gasteiger partial charge < -0.3 is 20.2 Å². The zero-order valence-corrected chi connectivity index (χ0v) is 20.6. The van der Waals surface area contributed by atoms with Gasteiger partial charge in [0.15, 0.2) is 5.78 Å². The zero-order valence-electron chi connectivity index (χ0n) is 20.6. The molecule has 182 valence electrons. The van der Waals surface area contributed by atoms with Crippen molar-refractivity contribution in [3.8, 4) is 5.75 Å². The molecular weight excluding hydrogens is 414 g/mol. The summed E-state index contributed by atoms with van der Waals surface area (Å²) in [6, 6.07) is 3.70. The minimum absolute atomic E-state index is 0.0381. The first-order chi connectivity index (χ1) is 16.0. The Kier molecular flexibility index (Phi) is 9.95. The van der Waals surface area contributed by atoms with Crippen molar-refractivity contribution < 1.29 is 14.3 Å². The van der Waals surface area contributed by atoms with Gasteiger partial charge in [0.1, 0.15) is 5.75 Å². The van der Waals surface area contributed by atoms with E-state index < -0.39 is 6.04 Å². The van der Waals surface area contributed by atoms with Gasteiger partial charge in [0.05, 0.1) is 37.4 Å². The van der Waals surface area contributed by atoms with E-state index >= 15 is 0 Å². The fraction of sp³-hybridized carbons (Fsp3) is 0.630. The first kappa shape index (κ1) is 25.4. The predicted octanol–water partition coefficient (Wildman–Crippen LogP) is 4.58. The molecule has 1 fully saturated rings. The summed E-state index contributed by atoms with van der Waals surface area (Å²) in [7, 11) is 0. The van der Waals surface area contributed by atoms with Crippen molar-refractivity contribution in [2.45, 2.75) is 90.7 Å². The number of nitrogens with zero attached hydrogens (tertiary/aromatic N) is 1. The van der Waals surface area contributed by atoms with Crippen molar-refractivity contribution in [1.82, 2.24) is 9.97 Å². The number of epoxide rings is 1. The standard InChI is InChI=1S/C27H41N3O3/c1-4-7-9-22(26-17-33-26)10-8-11-32-27-20(5-2)12-19(13-21(27)6-3)14-25(31)24(28)15-23-16-29-18-30-23/h12-13,16,18,22,24,26H,4-11,14-15,17,28H2,1-3H3,(H,29,30)/t22?,24-,26?/m0/s1. The van der Waals surface area contributed by atoms with Crippen LogP contribution in [0, 0.1) is 5.92 Å². The second-order valence-electron chi connectivity index (χ2n) is 9.23. The second kappa shape index (κ2) is 12.9. The van der Waals surface area contributed by atoms with E-state index in [0.717, 1.165) is 55.9 Å². The number of rotatable bonds is 16. The molecule has 6 heteroatoms. The van der Waals surface area contributed by atoms with Gasteiger partial charge in [0.25, 0.3) is 0 Å². The summed E-state index contributed by atoms with van der Waals surface area (Å²) in [5, 5.41) is 0. The third kappa shape index (κ3) is 7.68. The normalized spacial score (nSPS) is 17.0. The summed E-state index contributed by atoms with van der Waals surface area (Å²) in [4.78, 5) is 19.8. The third-order valence-corrected chi connectivity index (χ3v) is 6.62. The van der Waals surface area contributed by atoms with E-state index in [1.165, 1.54) is 30.4 Å². The third-order valence-electron chi connectivity index (χ3n) is 6.62. The number of nitrogens with two attached hydrogens (primary N) is 1. The van der Waals surface area contributed by atoms with Crippen molar-refractivity contribution in [2.75, 3.05) is 13.2 Å². The van der Waals surface area contributed by atoms with Gasteiger partial charge in [-0.15, -0.1) is 0 Å². The Morgan fingerprint density at radius 3 is 2.48 bits per heavy atom. The number of aryl methyl sites for hydroxylation is 2. The SMILES string of the molecule is CCCCC(CCCOc1c(CC)cc(CC(=O)[C@@H](N)Cc2c[nH]cn2)cc1CC)C1CO1. The van der Waals surface area contributed by atoms with E-state index in [9.17, 15) is 4.79 Å². The highest BCUT2D eigenvalue weighted by molar-refractivity contribution is 5.86. The lowest BCUT2D eigenvalue weighted by Crippen LogP contribution is -2.34. The Hall–Kier alpha value is -2.18. The fourth-order valence-corrected chi connectivity index (χ4v) is 4.54. The highest BCUT2D eigenvalue weighted by Gasteiger charge is 2.31. The van der Waals surface area contributed by atoms with Crippen LogP contribution in [0.5, 0.6) is 5.75 Å². The summed E-state index contributed by atoms with van der Waals surface area (Å²) in [5.74, 6) is 1.71. The van der Waals surface area contributed by atoms with E-state index in [0.29, 0.717) is 24.9 Å². The molecule has 1 saturated heterocycles. The quantitative estimate of drug-likeness (QED) is 0.285. The number of ether oxygens (including phenoxy) is 2. The van der Waals surface area contributed by atoms with Gasteiger partial charge in [0, 0.05) is 19.0 Å². The Morgan fingerprint density at radius 1 is 1.21 bits per heavy atom. The topological polar surface area (TPSA) is 93.5 Å². The molecule has 3 N–H and O–H groups in total. The van der Waals surface area contributed by atoms with Gasteiger partial charge in [-0.2, -0.15) is 0 Å². The predicted molar refractivity (Wildman–Crippen MR) is 132 cm³/mol. The molecule has 0 amide bonds. The largest absolute Gasteiger partial charge is 0.493 e. The van der Waals surface area contributed by atoms with Gasteiger partial charge in [-0.25, -0.2) is 4.98 Å². The number of unbranched alkanes of at least 4 members (excludes halogenated alkanes) is 1. The number of hydrogen-bond donors (Lipinski definition) is 2. The number of H-pyrrole nitrogens is 1. The molecule has 1 aromatic carbocycles. The molecule has 2 aromatic rings. The lowest BCUT2D eigenvalue weighted by atomic mass is 9.94. The van der Waals surface area contributed by atoms with Crippen molar-refractivity contribution in [3.63, 3.8) is 0 Å². The summed E-state index contributed by atoms with van der Waals surface area (Å²) in [5.41, 5.74) is 10.3. The Labute approximate surface area is 198 Å². The van der Waals surface area contributed by atoms with Crippen molar-refractivity contribution in [1.29, 1.82) is 0 Å². The molecule has 1 aliphatic heterocycles. The molecule has 0 radical (unpaired) electrons. The van der Waals surface area contributed by atoms with Crippen LogP contribution in [0.15, 0.2) is 24.7 Å². The van der Waals surface area contributed by atoms with Crippen molar-refractivity contribution in [3.05, 3.63) is 47.0 Å². The van der Waals surface area contributed by atoms with Crippen LogP contribution in [-0.2, 0) is 35.2 Å². The average Bonchev–Trinajstić information content (AvgIpc) is 3.54. The lowest BCUT2D eigenvalue weighted by molar-refractivity contribution is -0.119. The molecule has 3 rings (SSSR count). The van der Waals surface area contributed by atoms with Crippen LogP contribution in [0.4, 0.5) is 0 Å². The monoisotopic (exact) mass is 455 g/mol. The van der Waals surface area contributed by atoms with Gasteiger partial charge in [-0.1, -0.05) is 45.7 Å². The molecule has 0 aliphatic carbocycles. The van der Waals surface area contributed by atoms with Gasteiger partial charge >= 0.3 is 0 Å². The second-order valence-corrected chi connectivity index (χ2v) is 9.23. The summed E-state index contributed by atoms with van der Waals surface area (Å²) in [6.07, 6.45) is 12.4. The number of hydrogen-bond acceptors (Lipinski definition) is 5. The number of nitrogens with one attached hydrogen (secondary N) is 1. The van der Waals surface area contributed by atoms with E-state index in [1.807, 2.05) is 0 Å². The van der Waals surface area contributed by atoms with Crippen LogP contribution in [0.3, 0.4) is 0 Å². The summed E-state index contributed by atoms with van der Waals surface area (Å²) in [6.45, 7) is 8.18. The highest BCUT2D eigenvalue weighted by Crippen LogP contribution is 2.31. The maximum absolute atomic E-state index is 12.7. The average molecular weight is 456 g/mol. The summed E-state index contributed by atoms with van der Waals surface area (Å²) >= 11 is 0. The Bertz CT molecular complexity index is 836. The first-order valence-electron chi connectivity index (χ1n) is 12.7. The molecule has 33 heavy (non-hydrogen) atoms. The maximum Gasteiger partial charge on any atom is 0.154 e. The van der Waals surface area contributed by atoms with Crippen LogP contribution in [-0.4, -0.2) is 41.1 Å². The van der Waals surface area contributed by atoms with E-state index in [-0.39, 0.29) is 5.78 Å². The minimum Gasteiger partial charge on any atom is -0.493 e. The minimum atomic E-state index is -0.546. The molecule has 2 heterocycles. The number of aromatic amines is 1. The van der Waals surface area contributed by atoms with Gasteiger partial charge in [0.2, 0.25) is 0 Å². The van der Waals surface area contributed by atoms with Crippen LogP contribution in [0.25, 0.3) is 0 Å². The number of aromatic nitrogens is 2.